The van der Waals surface area contributed by atoms with Crippen molar-refractivity contribution >= 4 is 15.9 Å². The van der Waals surface area contributed by atoms with E-state index in [1.165, 1.54) is 15.4 Å². The van der Waals surface area contributed by atoms with Crippen LogP contribution in [0.3, 0.4) is 0 Å². The fraction of sp³-hybridized carbons (Fsp3) is 0.385. The second kappa shape index (κ2) is 9.00. The highest BCUT2D eigenvalue weighted by atomic mass is 32.2. The van der Waals surface area contributed by atoms with Crippen molar-refractivity contribution < 1.29 is 17.9 Å². The molecule has 0 saturated carbocycles. The Kier molecular flexibility index (Phi) is 6.40. The molecule has 0 spiro atoms. The van der Waals surface area contributed by atoms with Gasteiger partial charge in [0.15, 0.2) is 6.61 Å². The number of sulfonamides is 1. The topological polar surface area (TPSA) is 81.5 Å². The lowest BCUT2D eigenvalue weighted by Crippen LogP contribution is -2.36. The van der Waals surface area contributed by atoms with Gasteiger partial charge in [-0.2, -0.15) is 9.40 Å². The maximum atomic E-state index is 13.5. The molecule has 0 aliphatic carbocycles. The van der Waals surface area contributed by atoms with E-state index in [0.29, 0.717) is 36.6 Å². The molecule has 4 rings (SSSR count). The summed E-state index contributed by atoms with van der Waals surface area (Å²) in [6, 6.07) is 15.5. The summed E-state index contributed by atoms with van der Waals surface area (Å²) < 4.78 is 35.3. The molecule has 0 unspecified atom stereocenters. The first-order valence-electron chi connectivity index (χ1n) is 11.4. The summed E-state index contributed by atoms with van der Waals surface area (Å²) in [6.07, 6.45) is 0.655. The van der Waals surface area contributed by atoms with Crippen LogP contribution in [0.1, 0.15) is 53.6 Å². The molecular formula is C26H31N3O4S. The summed E-state index contributed by atoms with van der Waals surface area (Å²) in [5.41, 5.74) is 3.96. The van der Waals surface area contributed by atoms with E-state index in [9.17, 15) is 13.2 Å². The molecule has 1 aliphatic heterocycles. The molecular weight excluding hydrogens is 450 g/mol. The minimum absolute atomic E-state index is 0.0242. The number of nitrogens with zero attached hydrogens (tertiary/aromatic N) is 3. The average molecular weight is 482 g/mol. The number of carbonyl (C=O) groups is 1. The third-order valence-corrected chi connectivity index (χ3v) is 8.34. The third-order valence-electron chi connectivity index (χ3n) is 6.24. The van der Waals surface area contributed by atoms with Crippen molar-refractivity contribution in [3.63, 3.8) is 0 Å². The van der Waals surface area contributed by atoms with E-state index in [1.807, 2.05) is 48.5 Å². The fourth-order valence-corrected chi connectivity index (χ4v) is 6.08. The number of ether oxygens (including phenoxy) is 1. The number of aromatic nitrogens is 2. The zero-order chi connectivity index (χ0) is 24.7. The molecule has 0 radical (unpaired) electrons. The van der Waals surface area contributed by atoms with Crippen LogP contribution in [0.5, 0.6) is 5.75 Å². The van der Waals surface area contributed by atoms with Gasteiger partial charge in [0, 0.05) is 13.1 Å². The number of rotatable bonds is 5. The highest BCUT2D eigenvalue weighted by Gasteiger charge is 2.34. The summed E-state index contributed by atoms with van der Waals surface area (Å²) in [5, 5.41) is 4.26. The number of hydrogen-bond acceptors (Lipinski definition) is 5. The minimum Gasteiger partial charge on any atom is -0.484 e. The lowest BCUT2D eigenvalue weighted by molar-refractivity contribution is 0.0817. The van der Waals surface area contributed by atoms with Gasteiger partial charge in [-0.1, -0.05) is 57.2 Å². The maximum absolute atomic E-state index is 13.5. The molecule has 0 bridgehead atoms. The lowest BCUT2D eigenvalue weighted by Gasteiger charge is -2.28. The van der Waals surface area contributed by atoms with E-state index < -0.39 is 15.9 Å². The first-order chi connectivity index (χ1) is 16.0. The Hall–Kier alpha value is -2.97. The third kappa shape index (κ3) is 4.65. The fourth-order valence-electron chi connectivity index (χ4n) is 4.31. The summed E-state index contributed by atoms with van der Waals surface area (Å²) in [4.78, 5) is 13.0. The van der Waals surface area contributed by atoms with Crippen LogP contribution in [0, 0.1) is 13.8 Å². The van der Waals surface area contributed by atoms with Gasteiger partial charge in [-0.3, -0.25) is 4.79 Å². The molecule has 1 aliphatic rings. The summed E-state index contributed by atoms with van der Waals surface area (Å²) in [7, 11) is -3.81. The first-order valence-corrected chi connectivity index (χ1v) is 12.8. The SMILES string of the molecule is Cc1nn(C(=O)COc2ccc(C(C)(C)C)cc2)c(C)c1S(=O)(=O)N1CCc2ccccc2C1. The van der Waals surface area contributed by atoms with Gasteiger partial charge in [0.25, 0.3) is 5.91 Å². The highest BCUT2D eigenvalue weighted by Crippen LogP contribution is 2.29. The Bertz CT molecular complexity index is 1320. The van der Waals surface area contributed by atoms with Crippen molar-refractivity contribution in [2.75, 3.05) is 13.2 Å². The van der Waals surface area contributed by atoms with Crippen LogP contribution in [0.25, 0.3) is 0 Å². The van der Waals surface area contributed by atoms with Gasteiger partial charge in [-0.25, -0.2) is 13.1 Å². The second-order valence-electron chi connectivity index (χ2n) is 9.73. The highest BCUT2D eigenvalue weighted by molar-refractivity contribution is 7.89. The Morgan fingerprint density at radius 3 is 2.32 bits per heavy atom. The van der Waals surface area contributed by atoms with Gasteiger partial charge in [0.1, 0.15) is 10.6 Å². The minimum atomic E-state index is -3.81. The molecule has 2 heterocycles. The molecule has 0 atom stereocenters. The van der Waals surface area contributed by atoms with Crippen LogP contribution in [0.4, 0.5) is 0 Å². The van der Waals surface area contributed by atoms with E-state index in [2.05, 4.69) is 25.9 Å². The van der Waals surface area contributed by atoms with Crippen molar-refractivity contribution in [3.8, 4) is 5.75 Å². The van der Waals surface area contributed by atoms with Crippen molar-refractivity contribution in [2.24, 2.45) is 0 Å². The number of fused-ring (bicyclic) bond motifs is 1. The monoisotopic (exact) mass is 481 g/mol. The van der Waals surface area contributed by atoms with E-state index >= 15 is 0 Å². The van der Waals surface area contributed by atoms with Gasteiger partial charge in [-0.15, -0.1) is 0 Å². The molecule has 180 valence electrons. The predicted octanol–water partition coefficient (Wildman–Crippen LogP) is 4.26. The molecule has 34 heavy (non-hydrogen) atoms. The summed E-state index contributed by atoms with van der Waals surface area (Å²) in [6.45, 7) is 10.1. The molecule has 0 N–H and O–H groups in total. The molecule has 0 saturated heterocycles. The van der Waals surface area contributed by atoms with Crippen LogP contribution >= 0.6 is 0 Å². The maximum Gasteiger partial charge on any atom is 0.285 e. The second-order valence-corrected chi connectivity index (χ2v) is 11.6. The standard InChI is InChI=1S/C26H31N3O4S/c1-18-25(34(31,32)28-15-14-20-8-6-7-9-21(20)16-28)19(2)29(27-18)24(30)17-33-23-12-10-22(11-13-23)26(3,4)5/h6-13H,14-17H2,1-5H3. The van der Waals surface area contributed by atoms with Crippen LogP contribution < -0.4 is 4.74 Å². The number of carbonyl (C=O) groups excluding carboxylic acids is 1. The zero-order valence-electron chi connectivity index (χ0n) is 20.3. The van der Waals surface area contributed by atoms with E-state index in [1.54, 1.807) is 13.8 Å². The van der Waals surface area contributed by atoms with Crippen molar-refractivity contribution in [1.29, 1.82) is 0 Å². The smallest absolute Gasteiger partial charge is 0.285 e. The van der Waals surface area contributed by atoms with Crippen molar-refractivity contribution in [1.82, 2.24) is 14.1 Å². The van der Waals surface area contributed by atoms with Crippen LogP contribution in [-0.2, 0) is 28.4 Å². The van der Waals surface area contributed by atoms with Gasteiger partial charge < -0.3 is 4.74 Å². The molecule has 0 fully saturated rings. The normalized spacial score (nSPS) is 14.6. The van der Waals surface area contributed by atoms with Gasteiger partial charge >= 0.3 is 0 Å². The summed E-state index contributed by atoms with van der Waals surface area (Å²) in [5.74, 6) is 0.147. The first kappa shape index (κ1) is 24.2. The molecule has 7 nitrogen and oxygen atoms in total. The summed E-state index contributed by atoms with van der Waals surface area (Å²) >= 11 is 0. The number of hydrogen-bond donors (Lipinski definition) is 0. The molecule has 0 amide bonds. The van der Waals surface area contributed by atoms with Crippen molar-refractivity contribution in [3.05, 3.63) is 76.6 Å². The quantitative estimate of drug-likeness (QED) is 0.544. The van der Waals surface area contributed by atoms with Gasteiger partial charge in [-0.05, 0) is 54.5 Å². The van der Waals surface area contributed by atoms with Crippen LogP contribution in [0.2, 0.25) is 0 Å². The Morgan fingerprint density at radius 1 is 1.03 bits per heavy atom. The van der Waals surface area contributed by atoms with E-state index in [4.69, 9.17) is 4.74 Å². The largest absolute Gasteiger partial charge is 0.484 e. The number of benzene rings is 2. The molecule has 2 aromatic carbocycles. The lowest BCUT2D eigenvalue weighted by atomic mass is 9.87. The van der Waals surface area contributed by atoms with Crippen molar-refractivity contribution in [2.45, 2.75) is 57.9 Å². The Morgan fingerprint density at radius 2 is 1.68 bits per heavy atom. The molecule has 8 heteroatoms. The van der Waals surface area contributed by atoms with E-state index in [-0.39, 0.29) is 16.9 Å². The van der Waals surface area contributed by atoms with Crippen LogP contribution in [0.15, 0.2) is 53.4 Å². The van der Waals surface area contributed by atoms with Crippen LogP contribution in [-0.4, -0.2) is 41.6 Å². The van der Waals surface area contributed by atoms with Gasteiger partial charge in [0.05, 0.1) is 11.4 Å². The Balaban J connectivity index is 1.51. The average Bonchev–Trinajstić information content (AvgIpc) is 3.11. The van der Waals surface area contributed by atoms with E-state index in [0.717, 1.165) is 10.2 Å². The Labute approximate surface area is 201 Å². The van der Waals surface area contributed by atoms with Gasteiger partial charge in [0.2, 0.25) is 10.0 Å². The number of aryl methyl sites for hydroxylation is 1. The molecule has 1 aromatic heterocycles. The predicted molar refractivity (Wildman–Crippen MR) is 131 cm³/mol. The zero-order valence-corrected chi connectivity index (χ0v) is 21.1. The molecule has 3 aromatic rings.